The van der Waals surface area contributed by atoms with Gasteiger partial charge < -0.3 is 11.1 Å². The Morgan fingerprint density at radius 1 is 1.29 bits per heavy atom. The maximum atomic E-state index is 5.78. The average Bonchev–Trinajstić information content (AvgIpc) is 2.39. The molecule has 88 valence electrons. The molecule has 1 heterocycles. The van der Waals surface area contributed by atoms with Crippen LogP contribution in [-0.4, -0.2) is 16.5 Å². The molecular weight excluding hydrogens is 212 g/mol. The Labute approximate surface area is 101 Å². The number of nitrogens with zero attached hydrogens (tertiary/aromatic N) is 2. The maximum absolute atomic E-state index is 5.78. The van der Waals surface area contributed by atoms with Gasteiger partial charge in [0.15, 0.2) is 0 Å². The highest BCUT2D eigenvalue weighted by Gasteiger charge is 2.11. The zero-order valence-corrected chi connectivity index (χ0v) is 9.80. The highest BCUT2D eigenvalue weighted by Crippen LogP contribution is 2.19. The number of benzene rings is 1. The van der Waals surface area contributed by atoms with Crippen LogP contribution in [0.3, 0.4) is 0 Å². The normalized spacial score (nSPS) is 12.1. The van der Waals surface area contributed by atoms with Crippen LogP contribution >= 0.6 is 0 Å². The number of hydrogen-bond donors (Lipinski definition) is 2. The van der Waals surface area contributed by atoms with E-state index in [1.807, 2.05) is 24.3 Å². The van der Waals surface area contributed by atoms with E-state index in [4.69, 9.17) is 5.73 Å². The zero-order valence-electron chi connectivity index (χ0n) is 9.80. The number of hydrogen-bond acceptors (Lipinski definition) is 4. The van der Waals surface area contributed by atoms with Gasteiger partial charge in [-0.05, 0) is 24.6 Å². The van der Waals surface area contributed by atoms with Gasteiger partial charge >= 0.3 is 0 Å². The molecule has 0 radical (unpaired) electrons. The van der Waals surface area contributed by atoms with Crippen molar-refractivity contribution in [1.29, 1.82) is 0 Å². The van der Waals surface area contributed by atoms with Crippen molar-refractivity contribution in [3.05, 3.63) is 54.1 Å². The van der Waals surface area contributed by atoms with Crippen molar-refractivity contribution in [2.24, 2.45) is 5.73 Å². The molecule has 4 heteroatoms. The van der Waals surface area contributed by atoms with Gasteiger partial charge in [-0.25, -0.2) is 9.97 Å². The Morgan fingerprint density at radius 2 is 2.12 bits per heavy atom. The molecule has 0 amide bonds. The van der Waals surface area contributed by atoms with Crippen molar-refractivity contribution in [2.75, 3.05) is 11.9 Å². The second-order valence-corrected chi connectivity index (χ2v) is 3.88. The highest BCUT2D eigenvalue weighted by molar-refractivity contribution is 5.51. The molecule has 0 fully saturated rings. The number of nitrogens with one attached hydrogen (secondary N) is 1. The predicted molar refractivity (Wildman–Crippen MR) is 68.6 cm³/mol. The molecule has 0 saturated carbocycles. The van der Waals surface area contributed by atoms with Gasteiger partial charge in [0, 0.05) is 18.4 Å². The minimum atomic E-state index is 0.0131. The number of nitrogens with two attached hydrogens (primary N) is 1. The summed E-state index contributed by atoms with van der Waals surface area (Å²) in [4.78, 5) is 8.13. The van der Waals surface area contributed by atoms with E-state index in [0.29, 0.717) is 6.54 Å². The molecule has 2 aromatic rings. The van der Waals surface area contributed by atoms with Crippen molar-refractivity contribution in [3.63, 3.8) is 0 Å². The van der Waals surface area contributed by atoms with Crippen molar-refractivity contribution in [2.45, 2.75) is 13.0 Å². The summed E-state index contributed by atoms with van der Waals surface area (Å²) in [5.41, 5.74) is 8.97. The molecular formula is C13H16N4. The Balaban J connectivity index is 2.19. The fourth-order valence-electron chi connectivity index (χ4n) is 1.68. The molecule has 0 saturated heterocycles. The van der Waals surface area contributed by atoms with Crippen molar-refractivity contribution in [1.82, 2.24) is 9.97 Å². The molecule has 3 N–H and O–H groups in total. The standard InChI is InChI=1S/C13H16N4/c1-10-4-2-3-5-11(10)17-13(8-14)12-6-7-15-9-16-12/h2-7,9,13,17H,8,14H2,1H3. The van der Waals surface area contributed by atoms with Gasteiger partial charge in [-0.15, -0.1) is 0 Å². The number of anilines is 1. The second kappa shape index (κ2) is 5.41. The lowest BCUT2D eigenvalue weighted by atomic mass is 10.1. The lowest BCUT2D eigenvalue weighted by Crippen LogP contribution is -2.22. The summed E-state index contributed by atoms with van der Waals surface area (Å²) in [7, 11) is 0. The molecule has 0 aliphatic carbocycles. The molecule has 1 aromatic heterocycles. The van der Waals surface area contributed by atoms with Crippen LogP contribution in [0, 0.1) is 6.92 Å². The molecule has 1 unspecified atom stereocenters. The van der Waals surface area contributed by atoms with Crippen LogP contribution in [0.15, 0.2) is 42.9 Å². The van der Waals surface area contributed by atoms with Crippen molar-refractivity contribution in [3.8, 4) is 0 Å². The fraction of sp³-hybridized carbons (Fsp3) is 0.231. The SMILES string of the molecule is Cc1ccccc1NC(CN)c1ccncn1. The van der Waals surface area contributed by atoms with Gasteiger partial charge in [0.2, 0.25) is 0 Å². The Morgan fingerprint density at radius 3 is 2.76 bits per heavy atom. The lowest BCUT2D eigenvalue weighted by molar-refractivity contribution is 0.754. The summed E-state index contributed by atoms with van der Waals surface area (Å²) >= 11 is 0. The summed E-state index contributed by atoms with van der Waals surface area (Å²) in [5, 5.41) is 3.40. The Bertz CT molecular complexity index is 470. The van der Waals surface area contributed by atoms with Gasteiger partial charge in [-0.3, -0.25) is 0 Å². The third kappa shape index (κ3) is 2.79. The summed E-state index contributed by atoms with van der Waals surface area (Å²) in [6, 6.07) is 10.0. The minimum Gasteiger partial charge on any atom is -0.375 e. The molecule has 0 spiro atoms. The van der Waals surface area contributed by atoms with Crippen LogP contribution in [0.25, 0.3) is 0 Å². The predicted octanol–water partition coefficient (Wildman–Crippen LogP) is 1.90. The van der Waals surface area contributed by atoms with Crippen LogP contribution in [0.1, 0.15) is 17.3 Å². The van der Waals surface area contributed by atoms with Gasteiger partial charge in [0.05, 0.1) is 11.7 Å². The van der Waals surface area contributed by atoms with Crippen molar-refractivity contribution < 1.29 is 0 Å². The summed E-state index contributed by atoms with van der Waals surface area (Å²) in [6.45, 7) is 2.56. The topological polar surface area (TPSA) is 63.8 Å². The van der Waals surface area contributed by atoms with E-state index in [0.717, 1.165) is 11.4 Å². The molecule has 0 bridgehead atoms. The average molecular weight is 228 g/mol. The quantitative estimate of drug-likeness (QED) is 0.839. The van der Waals surface area contributed by atoms with Crippen molar-refractivity contribution >= 4 is 5.69 Å². The first-order valence-corrected chi connectivity index (χ1v) is 5.59. The van der Waals surface area contributed by atoms with Crippen LogP contribution in [0.5, 0.6) is 0 Å². The number of aromatic nitrogens is 2. The van der Waals surface area contributed by atoms with Crippen LogP contribution in [0.2, 0.25) is 0 Å². The van der Waals surface area contributed by atoms with Gasteiger partial charge in [-0.1, -0.05) is 18.2 Å². The number of para-hydroxylation sites is 1. The first kappa shape index (κ1) is 11.5. The van der Waals surface area contributed by atoms with E-state index in [1.165, 1.54) is 11.9 Å². The Kier molecular flexibility index (Phi) is 3.67. The van der Waals surface area contributed by atoms with E-state index < -0.39 is 0 Å². The fourth-order valence-corrected chi connectivity index (χ4v) is 1.68. The molecule has 4 nitrogen and oxygen atoms in total. The lowest BCUT2D eigenvalue weighted by Gasteiger charge is -2.18. The van der Waals surface area contributed by atoms with Crippen LogP contribution in [-0.2, 0) is 0 Å². The minimum absolute atomic E-state index is 0.0131. The van der Waals surface area contributed by atoms with Gasteiger partial charge in [0.1, 0.15) is 6.33 Å². The van der Waals surface area contributed by atoms with Gasteiger partial charge in [-0.2, -0.15) is 0 Å². The van der Waals surface area contributed by atoms with E-state index in [2.05, 4.69) is 28.3 Å². The first-order valence-electron chi connectivity index (χ1n) is 5.59. The van der Waals surface area contributed by atoms with E-state index in [1.54, 1.807) is 6.20 Å². The Hall–Kier alpha value is -1.94. The third-order valence-electron chi connectivity index (χ3n) is 2.67. The highest BCUT2D eigenvalue weighted by atomic mass is 15.0. The maximum Gasteiger partial charge on any atom is 0.115 e. The second-order valence-electron chi connectivity index (χ2n) is 3.88. The van der Waals surface area contributed by atoms with E-state index in [9.17, 15) is 0 Å². The van der Waals surface area contributed by atoms with E-state index in [-0.39, 0.29) is 6.04 Å². The van der Waals surface area contributed by atoms with E-state index >= 15 is 0 Å². The zero-order chi connectivity index (χ0) is 12.1. The summed E-state index contributed by atoms with van der Waals surface area (Å²) in [5.74, 6) is 0. The molecule has 2 rings (SSSR count). The monoisotopic (exact) mass is 228 g/mol. The molecule has 0 aliphatic rings. The van der Waals surface area contributed by atoms with Gasteiger partial charge in [0.25, 0.3) is 0 Å². The smallest absolute Gasteiger partial charge is 0.115 e. The third-order valence-corrected chi connectivity index (χ3v) is 2.67. The molecule has 1 atom stereocenters. The summed E-state index contributed by atoms with van der Waals surface area (Å²) in [6.07, 6.45) is 3.27. The number of rotatable bonds is 4. The van der Waals surface area contributed by atoms with Crippen LogP contribution in [0.4, 0.5) is 5.69 Å². The molecule has 17 heavy (non-hydrogen) atoms. The molecule has 1 aromatic carbocycles. The number of aryl methyl sites for hydroxylation is 1. The van der Waals surface area contributed by atoms with Crippen LogP contribution < -0.4 is 11.1 Å². The largest absolute Gasteiger partial charge is 0.375 e. The summed E-state index contributed by atoms with van der Waals surface area (Å²) < 4.78 is 0. The first-order chi connectivity index (χ1) is 8.31. The molecule has 0 aliphatic heterocycles.